The van der Waals surface area contributed by atoms with Crippen molar-refractivity contribution in [3.05, 3.63) is 0 Å². The van der Waals surface area contributed by atoms with E-state index in [0.717, 1.165) is 32.7 Å². The average Bonchev–Trinajstić information content (AvgIpc) is 2.68. The zero-order valence-electron chi connectivity index (χ0n) is 11.5. The highest BCUT2D eigenvalue weighted by molar-refractivity contribution is 5.67. The number of nitrogens with one attached hydrogen (secondary N) is 2. The molecular weight excluding hydrogens is 232 g/mol. The van der Waals surface area contributed by atoms with Crippen molar-refractivity contribution < 1.29 is 14.3 Å². The molecule has 2 saturated heterocycles. The second-order valence-electron chi connectivity index (χ2n) is 6.37. The number of hydrogen-bond acceptors (Lipinski definition) is 4. The van der Waals surface area contributed by atoms with Gasteiger partial charge in [-0.25, -0.2) is 4.79 Å². The first-order valence-electron chi connectivity index (χ1n) is 6.67. The highest BCUT2D eigenvalue weighted by atomic mass is 16.6. The Bertz CT molecular complexity index is 314. The van der Waals surface area contributed by atoms with Gasteiger partial charge in [-0.15, -0.1) is 0 Å². The van der Waals surface area contributed by atoms with Crippen molar-refractivity contribution in [2.75, 3.05) is 32.8 Å². The van der Waals surface area contributed by atoms with E-state index in [1.807, 2.05) is 20.8 Å². The summed E-state index contributed by atoms with van der Waals surface area (Å²) in [7, 11) is 0. The topological polar surface area (TPSA) is 59.6 Å². The zero-order chi connectivity index (χ0) is 13.2. The smallest absolute Gasteiger partial charge is 0.407 e. The maximum atomic E-state index is 11.7. The number of rotatable bonds is 2. The van der Waals surface area contributed by atoms with Crippen LogP contribution in [-0.4, -0.2) is 44.5 Å². The molecule has 0 unspecified atom stereocenters. The van der Waals surface area contributed by atoms with Crippen LogP contribution in [0, 0.1) is 11.3 Å². The fraction of sp³-hybridized carbons (Fsp3) is 0.923. The molecule has 0 radical (unpaired) electrons. The maximum Gasteiger partial charge on any atom is 0.407 e. The molecule has 2 N–H and O–H groups in total. The predicted molar refractivity (Wildman–Crippen MR) is 68.5 cm³/mol. The van der Waals surface area contributed by atoms with Gasteiger partial charge < -0.3 is 20.1 Å². The van der Waals surface area contributed by atoms with Gasteiger partial charge in [-0.05, 0) is 27.2 Å². The van der Waals surface area contributed by atoms with Crippen LogP contribution < -0.4 is 10.6 Å². The summed E-state index contributed by atoms with van der Waals surface area (Å²) < 4.78 is 10.8. The summed E-state index contributed by atoms with van der Waals surface area (Å²) in [6, 6.07) is 0. The number of amides is 1. The van der Waals surface area contributed by atoms with E-state index in [4.69, 9.17) is 9.47 Å². The maximum absolute atomic E-state index is 11.7. The second-order valence-corrected chi connectivity index (χ2v) is 6.37. The van der Waals surface area contributed by atoms with Gasteiger partial charge >= 0.3 is 6.09 Å². The molecule has 0 saturated carbocycles. The van der Waals surface area contributed by atoms with E-state index in [-0.39, 0.29) is 11.5 Å². The number of carbonyl (C=O) groups is 1. The molecule has 0 bridgehead atoms. The molecule has 2 aliphatic rings. The summed E-state index contributed by atoms with van der Waals surface area (Å²) in [6.07, 6.45) is 0.675. The molecule has 2 aliphatic heterocycles. The summed E-state index contributed by atoms with van der Waals surface area (Å²) in [5.74, 6) is 0.501. The molecule has 18 heavy (non-hydrogen) atoms. The van der Waals surface area contributed by atoms with E-state index in [9.17, 15) is 4.79 Å². The molecule has 0 spiro atoms. The molecule has 0 aliphatic carbocycles. The quantitative estimate of drug-likeness (QED) is 0.778. The van der Waals surface area contributed by atoms with Gasteiger partial charge in [0.05, 0.1) is 6.61 Å². The summed E-state index contributed by atoms with van der Waals surface area (Å²) in [4.78, 5) is 11.7. The van der Waals surface area contributed by atoms with Gasteiger partial charge in [-0.1, -0.05) is 0 Å². The Balaban J connectivity index is 1.86. The Morgan fingerprint density at radius 2 is 2.33 bits per heavy atom. The average molecular weight is 256 g/mol. The Morgan fingerprint density at radius 3 is 3.06 bits per heavy atom. The van der Waals surface area contributed by atoms with Crippen LogP contribution >= 0.6 is 0 Å². The minimum atomic E-state index is -0.440. The fourth-order valence-corrected chi connectivity index (χ4v) is 2.74. The summed E-state index contributed by atoms with van der Waals surface area (Å²) in [5, 5.41) is 6.32. The summed E-state index contributed by atoms with van der Waals surface area (Å²) in [5.41, 5.74) is -0.292. The van der Waals surface area contributed by atoms with Crippen molar-refractivity contribution in [1.29, 1.82) is 0 Å². The first-order chi connectivity index (χ1) is 8.41. The molecule has 0 aromatic carbocycles. The van der Waals surface area contributed by atoms with E-state index in [1.165, 1.54) is 0 Å². The van der Waals surface area contributed by atoms with Crippen molar-refractivity contribution in [3.8, 4) is 0 Å². The molecule has 2 atom stereocenters. The minimum absolute atomic E-state index is 0.148. The number of hydrogen-bond donors (Lipinski definition) is 2. The molecule has 2 heterocycles. The van der Waals surface area contributed by atoms with Crippen molar-refractivity contribution >= 4 is 6.09 Å². The highest BCUT2D eigenvalue weighted by Crippen LogP contribution is 2.37. The van der Waals surface area contributed by atoms with Crippen LogP contribution in [0.15, 0.2) is 0 Å². The number of carbonyl (C=O) groups excluding carboxylic acids is 1. The Kier molecular flexibility index (Phi) is 3.82. The summed E-state index contributed by atoms with van der Waals surface area (Å²) >= 11 is 0. The van der Waals surface area contributed by atoms with Gasteiger partial charge in [0.15, 0.2) is 0 Å². The molecule has 2 fully saturated rings. The van der Waals surface area contributed by atoms with Crippen LogP contribution in [0.25, 0.3) is 0 Å². The van der Waals surface area contributed by atoms with Crippen LogP contribution in [0.1, 0.15) is 27.2 Å². The van der Waals surface area contributed by atoms with Gasteiger partial charge in [0.2, 0.25) is 0 Å². The minimum Gasteiger partial charge on any atom is -0.444 e. The van der Waals surface area contributed by atoms with Crippen molar-refractivity contribution in [2.45, 2.75) is 32.8 Å². The van der Waals surface area contributed by atoms with Gasteiger partial charge in [0, 0.05) is 37.6 Å². The SMILES string of the molecule is CC(C)(C)OC(=O)NC[C@@]12CCOC[C@@H]1CNC2. The first-order valence-corrected chi connectivity index (χ1v) is 6.67. The van der Waals surface area contributed by atoms with E-state index in [1.54, 1.807) is 0 Å². The van der Waals surface area contributed by atoms with Crippen LogP contribution in [0.3, 0.4) is 0 Å². The van der Waals surface area contributed by atoms with Crippen molar-refractivity contribution in [3.63, 3.8) is 0 Å². The molecular formula is C13H24N2O3. The predicted octanol–water partition coefficient (Wildman–Crippen LogP) is 1.14. The lowest BCUT2D eigenvalue weighted by atomic mass is 9.74. The lowest BCUT2D eigenvalue weighted by Crippen LogP contribution is -2.48. The van der Waals surface area contributed by atoms with Crippen molar-refractivity contribution in [2.24, 2.45) is 11.3 Å². The van der Waals surface area contributed by atoms with Crippen LogP contribution in [0.4, 0.5) is 4.79 Å². The molecule has 0 aromatic heterocycles. The Hall–Kier alpha value is -0.810. The first kappa shape index (κ1) is 13.6. The standard InChI is InChI=1S/C13H24N2O3/c1-12(2,3)18-11(16)15-9-13-4-5-17-7-10(13)6-14-8-13/h10,14H,4-9H2,1-3H3,(H,15,16)/t10-,13-/m0/s1. The monoisotopic (exact) mass is 256 g/mol. The lowest BCUT2D eigenvalue weighted by molar-refractivity contribution is -0.0162. The highest BCUT2D eigenvalue weighted by Gasteiger charge is 2.45. The Labute approximate surface area is 109 Å². The van der Waals surface area contributed by atoms with E-state index in [0.29, 0.717) is 12.5 Å². The largest absolute Gasteiger partial charge is 0.444 e. The van der Waals surface area contributed by atoms with Crippen molar-refractivity contribution in [1.82, 2.24) is 10.6 Å². The normalized spacial score (nSPS) is 31.8. The molecule has 0 aromatic rings. The second kappa shape index (κ2) is 5.05. The number of fused-ring (bicyclic) bond motifs is 1. The Morgan fingerprint density at radius 1 is 1.56 bits per heavy atom. The van der Waals surface area contributed by atoms with Gasteiger partial charge in [-0.2, -0.15) is 0 Å². The van der Waals surface area contributed by atoms with E-state index >= 15 is 0 Å². The molecule has 5 heteroatoms. The summed E-state index contributed by atoms with van der Waals surface area (Å²) in [6.45, 7) is 9.81. The molecule has 2 rings (SSSR count). The van der Waals surface area contributed by atoms with Gasteiger partial charge in [0.1, 0.15) is 5.60 Å². The number of ether oxygens (including phenoxy) is 2. The lowest BCUT2D eigenvalue weighted by Gasteiger charge is -2.38. The van der Waals surface area contributed by atoms with Crippen LogP contribution in [0.2, 0.25) is 0 Å². The third-order valence-corrected chi connectivity index (χ3v) is 3.78. The van der Waals surface area contributed by atoms with Crippen LogP contribution in [0.5, 0.6) is 0 Å². The van der Waals surface area contributed by atoms with E-state index in [2.05, 4.69) is 10.6 Å². The van der Waals surface area contributed by atoms with Gasteiger partial charge in [-0.3, -0.25) is 0 Å². The zero-order valence-corrected chi connectivity index (χ0v) is 11.5. The third-order valence-electron chi connectivity index (χ3n) is 3.78. The third kappa shape index (κ3) is 3.14. The number of alkyl carbamates (subject to hydrolysis) is 1. The molecule has 5 nitrogen and oxygen atoms in total. The van der Waals surface area contributed by atoms with E-state index < -0.39 is 5.60 Å². The van der Waals surface area contributed by atoms with Crippen LogP contribution in [-0.2, 0) is 9.47 Å². The fourth-order valence-electron chi connectivity index (χ4n) is 2.74. The molecule has 104 valence electrons. The molecule has 1 amide bonds. The van der Waals surface area contributed by atoms with Gasteiger partial charge in [0.25, 0.3) is 0 Å².